The molecule has 0 aromatic heterocycles. The molecular formula is C21H30N2O5. The molecule has 2 amide bonds. The molecule has 1 heterocycles. The van der Waals surface area contributed by atoms with Crippen molar-refractivity contribution in [3.63, 3.8) is 0 Å². The lowest BCUT2D eigenvalue weighted by molar-refractivity contribution is -0.145. The first kappa shape index (κ1) is 21.7. The van der Waals surface area contributed by atoms with Crippen molar-refractivity contribution in [2.45, 2.75) is 51.5 Å². The number of aliphatic carboxylic acids is 1. The number of ether oxygens (including phenoxy) is 1. The maximum Gasteiger partial charge on any atom is 0.323 e. The van der Waals surface area contributed by atoms with E-state index in [4.69, 9.17) is 9.84 Å². The van der Waals surface area contributed by atoms with Crippen molar-refractivity contribution in [1.82, 2.24) is 9.80 Å². The van der Waals surface area contributed by atoms with Crippen LogP contribution in [0.4, 0.5) is 0 Å². The lowest BCUT2D eigenvalue weighted by Crippen LogP contribution is -2.43. The van der Waals surface area contributed by atoms with Gasteiger partial charge >= 0.3 is 5.97 Å². The smallest absolute Gasteiger partial charge is 0.323 e. The van der Waals surface area contributed by atoms with Crippen molar-refractivity contribution >= 4 is 17.8 Å². The maximum absolute atomic E-state index is 12.6. The van der Waals surface area contributed by atoms with E-state index in [-0.39, 0.29) is 24.4 Å². The van der Waals surface area contributed by atoms with Gasteiger partial charge in [-0.1, -0.05) is 12.1 Å². The number of aryl methyl sites for hydroxylation is 1. The van der Waals surface area contributed by atoms with Gasteiger partial charge in [-0.3, -0.25) is 14.4 Å². The van der Waals surface area contributed by atoms with Gasteiger partial charge in [0.1, 0.15) is 12.3 Å². The van der Waals surface area contributed by atoms with Crippen LogP contribution in [0.1, 0.15) is 44.6 Å². The molecule has 2 rings (SSSR count). The summed E-state index contributed by atoms with van der Waals surface area (Å²) < 4.78 is 5.15. The predicted octanol–water partition coefficient (Wildman–Crippen LogP) is 2.33. The first-order chi connectivity index (χ1) is 13.4. The molecule has 1 unspecified atom stereocenters. The van der Waals surface area contributed by atoms with Crippen molar-refractivity contribution in [1.29, 1.82) is 0 Å². The van der Waals surface area contributed by atoms with Crippen LogP contribution in [-0.4, -0.2) is 65.5 Å². The Morgan fingerprint density at radius 2 is 1.89 bits per heavy atom. The lowest BCUT2D eigenvalue weighted by Gasteiger charge is -2.28. The number of hydrogen-bond donors (Lipinski definition) is 1. The Labute approximate surface area is 166 Å². The molecule has 1 aromatic rings. The molecule has 0 bridgehead atoms. The highest BCUT2D eigenvalue weighted by Crippen LogP contribution is 2.19. The number of benzene rings is 1. The molecule has 1 atom stereocenters. The van der Waals surface area contributed by atoms with E-state index < -0.39 is 5.97 Å². The third kappa shape index (κ3) is 6.55. The van der Waals surface area contributed by atoms with Crippen LogP contribution >= 0.6 is 0 Å². The Morgan fingerprint density at radius 1 is 1.18 bits per heavy atom. The fraction of sp³-hybridized carbons (Fsp3) is 0.571. The van der Waals surface area contributed by atoms with E-state index in [0.717, 1.165) is 31.4 Å². The van der Waals surface area contributed by atoms with E-state index >= 15 is 0 Å². The summed E-state index contributed by atoms with van der Waals surface area (Å²) in [4.78, 5) is 38.6. The van der Waals surface area contributed by atoms with E-state index in [1.165, 1.54) is 17.4 Å². The van der Waals surface area contributed by atoms with Gasteiger partial charge in [-0.15, -0.1) is 0 Å². The molecule has 1 N–H and O–H groups in total. The normalized spacial score (nSPS) is 16.9. The monoisotopic (exact) mass is 390 g/mol. The summed E-state index contributed by atoms with van der Waals surface area (Å²) in [5.74, 6) is -0.291. The molecule has 1 saturated heterocycles. The average Bonchev–Trinajstić information content (AvgIpc) is 2.92. The van der Waals surface area contributed by atoms with Crippen LogP contribution < -0.4 is 4.74 Å². The molecule has 1 fully saturated rings. The highest BCUT2D eigenvalue weighted by Gasteiger charge is 2.27. The number of carbonyl (C=O) groups is 3. The summed E-state index contributed by atoms with van der Waals surface area (Å²) in [6, 6.07) is 7.75. The average molecular weight is 390 g/mol. The summed E-state index contributed by atoms with van der Waals surface area (Å²) in [5, 5.41) is 9.03. The van der Waals surface area contributed by atoms with Crippen LogP contribution in [0, 0.1) is 0 Å². The molecule has 0 saturated carbocycles. The van der Waals surface area contributed by atoms with Crippen LogP contribution in [0.5, 0.6) is 5.75 Å². The standard InChI is InChI=1S/C21H30N2O5/c1-16(24)23(15-21(26)27)18-6-4-13-22(14-12-18)20(25)7-3-5-17-8-10-19(28-2)11-9-17/h8-11,18H,3-7,12-15H2,1-2H3,(H,26,27). The summed E-state index contributed by atoms with van der Waals surface area (Å²) >= 11 is 0. The first-order valence-corrected chi connectivity index (χ1v) is 9.80. The molecule has 7 nitrogen and oxygen atoms in total. The Balaban J connectivity index is 1.81. The van der Waals surface area contributed by atoms with Gasteiger partial charge in [-0.25, -0.2) is 0 Å². The van der Waals surface area contributed by atoms with Crippen LogP contribution in [0.2, 0.25) is 0 Å². The van der Waals surface area contributed by atoms with Crippen molar-refractivity contribution in [2.24, 2.45) is 0 Å². The highest BCUT2D eigenvalue weighted by atomic mass is 16.5. The molecule has 7 heteroatoms. The number of rotatable bonds is 8. The summed E-state index contributed by atoms with van der Waals surface area (Å²) in [6.07, 6.45) is 4.23. The van der Waals surface area contributed by atoms with Crippen molar-refractivity contribution in [2.75, 3.05) is 26.7 Å². The van der Waals surface area contributed by atoms with Crippen LogP contribution in [0.3, 0.4) is 0 Å². The minimum Gasteiger partial charge on any atom is -0.497 e. The molecular weight excluding hydrogens is 360 g/mol. The van der Waals surface area contributed by atoms with Gasteiger partial charge < -0.3 is 19.6 Å². The summed E-state index contributed by atoms with van der Waals surface area (Å²) in [7, 11) is 1.64. The van der Waals surface area contributed by atoms with Crippen LogP contribution in [0.25, 0.3) is 0 Å². The van der Waals surface area contributed by atoms with Gasteiger partial charge in [0.2, 0.25) is 11.8 Å². The molecule has 1 aromatic carbocycles. The maximum atomic E-state index is 12.6. The largest absolute Gasteiger partial charge is 0.497 e. The van der Waals surface area contributed by atoms with Crippen LogP contribution in [-0.2, 0) is 20.8 Å². The van der Waals surface area contributed by atoms with Crippen LogP contribution in [0.15, 0.2) is 24.3 Å². The molecule has 1 aliphatic heterocycles. The second-order valence-corrected chi connectivity index (χ2v) is 7.21. The third-order valence-corrected chi connectivity index (χ3v) is 5.22. The van der Waals surface area contributed by atoms with Crippen molar-refractivity contribution in [3.05, 3.63) is 29.8 Å². The van der Waals surface area contributed by atoms with Gasteiger partial charge in [0.15, 0.2) is 0 Å². The fourth-order valence-electron chi connectivity index (χ4n) is 3.68. The zero-order valence-electron chi connectivity index (χ0n) is 16.7. The Hall–Kier alpha value is -2.57. The topological polar surface area (TPSA) is 87.2 Å². The fourth-order valence-corrected chi connectivity index (χ4v) is 3.68. The van der Waals surface area contributed by atoms with Gasteiger partial charge in [-0.2, -0.15) is 0 Å². The van der Waals surface area contributed by atoms with Gasteiger partial charge in [-0.05, 0) is 49.8 Å². The minimum absolute atomic E-state index is 0.120. The summed E-state index contributed by atoms with van der Waals surface area (Å²) in [6.45, 7) is 2.35. The highest BCUT2D eigenvalue weighted by molar-refractivity contribution is 5.80. The van der Waals surface area contributed by atoms with E-state index in [2.05, 4.69) is 0 Å². The third-order valence-electron chi connectivity index (χ3n) is 5.22. The van der Waals surface area contributed by atoms with E-state index in [9.17, 15) is 14.4 Å². The Kier molecular flexibility index (Phi) is 8.29. The van der Waals surface area contributed by atoms with E-state index in [0.29, 0.717) is 25.9 Å². The SMILES string of the molecule is COc1ccc(CCCC(=O)N2CCCC(N(CC(=O)O)C(C)=O)CC2)cc1. The zero-order valence-corrected chi connectivity index (χ0v) is 16.7. The molecule has 28 heavy (non-hydrogen) atoms. The second kappa shape index (κ2) is 10.7. The van der Waals surface area contributed by atoms with E-state index in [1.807, 2.05) is 29.2 Å². The molecule has 0 radical (unpaired) electrons. The first-order valence-electron chi connectivity index (χ1n) is 9.80. The van der Waals surface area contributed by atoms with Crippen molar-refractivity contribution in [3.8, 4) is 5.75 Å². The predicted molar refractivity (Wildman–Crippen MR) is 105 cm³/mol. The second-order valence-electron chi connectivity index (χ2n) is 7.21. The number of carboxylic acids is 1. The molecule has 1 aliphatic rings. The Bertz CT molecular complexity index is 674. The minimum atomic E-state index is -1.01. The quantitative estimate of drug-likeness (QED) is 0.736. The van der Waals surface area contributed by atoms with Gasteiger partial charge in [0.05, 0.1) is 7.11 Å². The van der Waals surface area contributed by atoms with Gasteiger partial charge in [0, 0.05) is 32.5 Å². The van der Waals surface area contributed by atoms with E-state index in [1.54, 1.807) is 7.11 Å². The number of carbonyl (C=O) groups excluding carboxylic acids is 2. The summed E-state index contributed by atoms with van der Waals surface area (Å²) in [5.41, 5.74) is 1.18. The van der Waals surface area contributed by atoms with Gasteiger partial charge in [0.25, 0.3) is 0 Å². The number of nitrogens with zero attached hydrogens (tertiary/aromatic N) is 2. The lowest BCUT2D eigenvalue weighted by atomic mass is 10.1. The Morgan fingerprint density at radius 3 is 2.50 bits per heavy atom. The zero-order chi connectivity index (χ0) is 20.5. The number of methoxy groups -OCH3 is 1. The number of carboxylic acid groups (broad SMARTS) is 1. The number of likely N-dealkylation sites (tertiary alicyclic amines) is 1. The van der Waals surface area contributed by atoms with Crippen molar-refractivity contribution < 1.29 is 24.2 Å². The molecule has 154 valence electrons. The number of amides is 2. The number of hydrogen-bond acceptors (Lipinski definition) is 4. The molecule has 0 aliphatic carbocycles. The molecule has 0 spiro atoms.